The second kappa shape index (κ2) is 2.93. The van der Waals surface area contributed by atoms with Crippen LogP contribution >= 0.6 is 7.75 Å². The molecule has 0 bridgehead atoms. The molecule has 0 radical (unpaired) electrons. The molecule has 0 aliphatic rings. The average Bonchev–Trinajstić information content (AvgIpc) is 1.59. The molecule has 54 valence electrons. The fourth-order valence-electron chi connectivity index (χ4n) is 0.171. The zero-order valence-electron chi connectivity index (χ0n) is 4.31. The highest BCUT2D eigenvalue weighted by Crippen LogP contribution is 2.26. The fourth-order valence-corrected chi connectivity index (χ4v) is 0.512. The van der Waals surface area contributed by atoms with Gasteiger partial charge in [0.1, 0.15) is 6.54 Å². The van der Waals surface area contributed by atoms with Crippen LogP contribution in [-0.2, 0) is 9.36 Å². The van der Waals surface area contributed by atoms with E-state index in [4.69, 9.17) is 14.9 Å². The van der Waals surface area contributed by atoms with Crippen molar-refractivity contribution in [3.8, 4) is 0 Å². The van der Waals surface area contributed by atoms with E-state index in [1.807, 2.05) is 0 Å². The number of carbonyl (C=O) groups is 1. The van der Waals surface area contributed by atoms with Crippen LogP contribution in [0.3, 0.4) is 0 Å². The molecular weight excluding hydrogens is 151 g/mol. The Morgan fingerprint density at radius 3 is 2.22 bits per heavy atom. The summed E-state index contributed by atoms with van der Waals surface area (Å²) < 4.78 is 9.86. The first kappa shape index (κ1) is 8.58. The Morgan fingerprint density at radius 1 is 1.67 bits per heavy atom. The summed E-state index contributed by atoms with van der Waals surface area (Å²) in [6.07, 6.45) is 0. The number of hydrogen-bond acceptors (Lipinski definition) is 2. The number of hydrogen-bond donors (Lipinski definition) is 4. The molecule has 6 nitrogen and oxygen atoms in total. The van der Waals surface area contributed by atoms with Gasteiger partial charge in [0.05, 0.1) is 0 Å². The van der Waals surface area contributed by atoms with E-state index >= 15 is 0 Å². The number of carboxylic acid groups (broad SMARTS) is 1. The van der Waals surface area contributed by atoms with Gasteiger partial charge in [-0.15, -0.1) is 0 Å². The maximum absolute atomic E-state index is 9.86. The van der Waals surface area contributed by atoms with Crippen molar-refractivity contribution in [1.29, 1.82) is 0 Å². The van der Waals surface area contributed by atoms with Gasteiger partial charge in [-0.1, -0.05) is 0 Å². The topological polar surface area (TPSA) is 107 Å². The maximum atomic E-state index is 9.86. The second-order valence-electron chi connectivity index (χ2n) is 1.27. The van der Waals surface area contributed by atoms with Crippen LogP contribution in [0, 0.1) is 0 Å². The van der Waals surface area contributed by atoms with Crippen molar-refractivity contribution in [2.24, 2.45) is 0 Å². The number of aliphatic carboxylic acids is 1. The van der Waals surface area contributed by atoms with Gasteiger partial charge in [0, 0.05) is 0 Å². The largest absolute Gasteiger partial charge is 0.480 e. The van der Waals surface area contributed by atoms with Crippen molar-refractivity contribution in [2.75, 3.05) is 6.54 Å². The van der Waals surface area contributed by atoms with Crippen LogP contribution in [0.25, 0.3) is 0 Å². The van der Waals surface area contributed by atoms with Gasteiger partial charge in [0.2, 0.25) is 0 Å². The molecule has 0 aromatic heterocycles. The molecule has 0 amide bonds. The molecule has 0 aliphatic carbocycles. The van der Waals surface area contributed by atoms with Gasteiger partial charge in [0.15, 0.2) is 0 Å². The molecule has 0 fully saturated rings. The molecule has 4 N–H and O–H groups in total. The standard InChI is InChI=1S/C2H6NO5P/c4-2(5)1-3-9(6,7)8/h1H2,(H,4,5)(H3,3,6,7,8)/i4+2. The van der Waals surface area contributed by atoms with E-state index in [2.05, 4.69) is 0 Å². The first-order valence-electron chi connectivity index (χ1n) is 1.94. The molecule has 0 saturated carbocycles. The molecule has 0 unspecified atom stereocenters. The molecule has 0 aromatic carbocycles. The van der Waals surface area contributed by atoms with Crippen LogP contribution in [0.15, 0.2) is 0 Å². The van der Waals surface area contributed by atoms with Gasteiger partial charge in [-0.2, -0.15) is 0 Å². The van der Waals surface area contributed by atoms with Crippen LogP contribution in [-0.4, -0.2) is 27.4 Å². The van der Waals surface area contributed by atoms with Gasteiger partial charge < -0.3 is 14.9 Å². The van der Waals surface area contributed by atoms with Gasteiger partial charge in [-0.05, 0) is 0 Å². The SMILES string of the molecule is O=P(O)(O)NCC(O)=[18O]. The minimum Gasteiger partial charge on any atom is -0.480 e. The molecule has 0 rings (SSSR count). The maximum Gasteiger partial charge on any atom is 0.400 e. The Kier molecular flexibility index (Phi) is 2.80. The highest BCUT2D eigenvalue weighted by molar-refractivity contribution is 7.49. The van der Waals surface area contributed by atoms with Crippen molar-refractivity contribution < 1.29 is 24.3 Å². The van der Waals surface area contributed by atoms with E-state index in [1.165, 1.54) is 5.09 Å². The first-order chi connectivity index (χ1) is 3.92. The molecule has 7 heteroatoms. The Hall–Kier alpha value is -0.420. The average molecular weight is 157 g/mol. The summed E-state index contributed by atoms with van der Waals surface area (Å²) in [7, 11) is -4.35. The van der Waals surface area contributed by atoms with Crippen LogP contribution < -0.4 is 5.09 Å². The zero-order valence-corrected chi connectivity index (χ0v) is 5.21. The summed E-state index contributed by atoms with van der Waals surface area (Å²) >= 11 is 0. The minimum absolute atomic E-state index is 0.732. The lowest BCUT2D eigenvalue weighted by Crippen LogP contribution is -2.19. The van der Waals surface area contributed by atoms with Crippen LogP contribution in [0.1, 0.15) is 0 Å². The third-order valence-corrected chi connectivity index (χ3v) is 1.01. The lowest BCUT2D eigenvalue weighted by Gasteiger charge is -2.00. The molecule has 0 aliphatic heterocycles. The Bertz CT molecular complexity index is 149. The summed E-state index contributed by atoms with van der Waals surface area (Å²) in [5.41, 5.74) is 0. The van der Waals surface area contributed by atoms with Crippen LogP contribution in [0.2, 0.25) is 0 Å². The predicted molar refractivity (Wildman–Crippen MR) is 27.7 cm³/mol. The van der Waals surface area contributed by atoms with Gasteiger partial charge in [0.25, 0.3) is 0 Å². The van der Waals surface area contributed by atoms with Crippen LogP contribution in [0.5, 0.6) is 0 Å². The van der Waals surface area contributed by atoms with E-state index in [1.54, 1.807) is 0 Å². The molecular formula is C2H6NO5P. The number of nitrogens with one attached hydrogen (secondary N) is 1. The normalized spacial score (nSPS) is 11.3. The summed E-state index contributed by atoms with van der Waals surface area (Å²) in [6, 6.07) is 0. The quantitative estimate of drug-likeness (QED) is 0.301. The lowest BCUT2D eigenvalue weighted by molar-refractivity contribution is -0.135. The van der Waals surface area contributed by atoms with Gasteiger partial charge in [-0.25, -0.2) is 9.65 Å². The highest BCUT2D eigenvalue weighted by Gasteiger charge is 2.12. The summed E-state index contributed by atoms with van der Waals surface area (Å²) in [5, 5.41) is 9.36. The third-order valence-electron chi connectivity index (χ3n) is 0.436. The number of rotatable bonds is 3. The van der Waals surface area contributed by atoms with Gasteiger partial charge >= 0.3 is 13.7 Å². The van der Waals surface area contributed by atoms with E-state index in [9.17, 15) is 9.36 Å². The molecule has 0 saturated heterocycles. The summed E-state index contributed by atoms with van der Waals surface area (Å²) in [6.45, 7) is -0.732. The monoisotopic (exact) mass is 157 g/mol. The van der Waals surface area contributed by atoms with E-state index in [0.717, 1.165) is 0 Å². The van der Waals surface area contributed by atoms with Crippen molar-refractivity contribution in [3.63, 3.8) is 0 Å². The minimum atomic E-state index is -4.35. The zero-order chi connectivity index (χ0) is 7.49. The summed E-state index contributed by atoms with van der Waals surface area (Å²) in [4.78, 5) is 25.6. The van der Waals surface area contributed by atoms with Gasteiger partial charge in [-0.3, -0.25) is 4.79 Å². The van der Waals surface area contributed by atoms with E-state index in [-0.39, 0.29) is 0 Å². The van der Waals surface area contributed by atoms with Crippen molar-refractivity contribution in [3.05, 3.63) is 0 Å². The molecule has 0 aromatic rings. The fraction of sp³-hybridized carbons (Fsp3) is 0.500. The molecule has 9 heavy (non-hydrogen) atoms. The van der Waals surface area contributed by atoms with Crippen LogP contribution in [0.4, 0.5) is 0 Å². The first-order valence-corrected chi connectivity index (χ1v) is 3.55. The Balaban J connectivity index is 3.53. The van der Waals surface area contributed by atoms with E-state index in [0.29, 0.717) is 0 Å². The van der Waals surface area contributed by atoms with E-state index < -0.39 is 20.3 Å². The Labute approximate surface area is 50.7 Å². The predicted octanol–water partition coefficient (Wildman–Crippen LogP) is -1.25. The smallest absolute Gasteiger partial charge is 0.400 e. The molecule has 0 heterocycles. The lowest BCUT2D eigenvalue weighted by atomic mass is 10.7. The van der Waals surface area contributed by atoms with Crippen molar-refractivity contribution >= 4 is 13.7 Å². The Morgan fingerprint density at radius 2 is 2.11 bits per heavy atom. The molecule has 0 spiro atoms. The van der Waals surface area contributed by atoms with Crippen molar-refractivity contribution in [2.45, 2.75) is 0 Å². The molecule has 0 atom stereocenters. The number of carboxylic acids is 1. The third kappa shape index (κ3) is 7.58. The highest BCUT2D eigenvalue weighted by atomic mass is 31.2. The van der Waals surface area contributed by atoms with Crippen molar-refractivity contribution in [1.82, 2.24) is 5.09 Å². The summed E-state index contributed by atoms with van der Waals surface area (Å²) in [5.74, 6) is -1.31. The second-order valence-corrected chi connectivity index (χ2v) is 2.68.